The van der Waals surface area contributed by atoms with E-state index >= 15 is 0 Å². The molecular weight excluding hydrogens is 383 g/mol. The fraction of sp³-hybridized carbons (Fsp3) is 0.935. The predicted molar refractivity (Wildman–Crippen MR) is 141 cm³/mol. The fourth-order valence-electron chi connectivity index (χ4n) is 9.65. The maximum Gasteiger partial charge on any atom is 0.0758 e. The first-order valence-corrected chi connectivity index (χ1v) is 14.4. The molecule has 7 unspecified atom stereocenters. The highest BCUT2D eigenvalue weighted by Crippen LogP contribution is 2.75. The second-order valence-corrected chi connectivity index (χ2v) is 14.6. The van der Waals surface area contributed by atoms with Gasteiger partial charge in [-0.05, 0) is 97.2 Å². The van der Waals surface area contributed by atoms with Gasteiger partial charge in [-0.3, -0.25) is 0 Å². The van der Waals surface area contributed by atoms with Crippen LogP contribution >= 0.6 is 0 Å². The van der Waals surface area contributed by atoms with Gasteiger partial charge in [0.05, 0.1) is 7.85 Å². The summed E-state index contributed by atoms with van der Waals surface area (Å²) in [5.41, 5.74) is 3.46. The SMILES string of the molecule is [B]C12CCC3(C)C(=CCC4(C)C(CCCC(C)(C)CCCC)CCC34)C1(C)CCC(C)C2. The van der Waals surface area contributed by atoms with E-state index in [9.17, 15) is 0 Å². The summed E-state index contributed by atoms with van der Waals surface area (Å²) in [4.78, 5) is 0. The molecule has 32 heavy (non-hydrogen) atoms. The average Bonchev–Trinajstić information content (AvgIpc) is 3.05. The minimum atomic E-state index is 0.0336. The van der Waals surface area contributed by atoms with Crippen LogP contribution < -0.4 is 0 Å². The minimum absolute atomic E-state index is 0.0336. The highest BCUT2D eigenvalue weighted by atomic mass is 14.7. The molecule has 4 aliphatic carbocycles. The molecule has 0 N–H and O–H groups in total. The fourth-order valence-corrected chi connectivity index (χ4v) is 9.65. The monoisotopic (exact) mass is 436 g/mol. The summed E-state index contributed by atoms with van der Waals surface area (Å²) in [6, 6.07) is 0. The molecule has 2 radical (unpaired) electrons. The first-order valence-electron chi connectivity index (χ1n) is 14.4. The van der Waals surface area contributed by atoms with Crippen LogP contribution in [0.25, 0.3) is 0 Å². The lowest BCUT2D eigenvalue weighted by atomic mass is 9.34. The van der Waals surface area contributed by atoms with Crippen LogP contribution in [0.2, 0.25) is 5.31 Å². The van der Waals surface area contributed by atoms with Gasteiger partial charge in [-0.25, -0.2) is 0 Å². The standard InChI is InChI=1S/C31H53B/c1-8-9-16-27(3,4)17-10-11-24-12-13-25-28(24,5)18-15-26-29(25,6)20-21-31(32)22-23(2)14-19-30(26,31)7/h15,23-25H,8-14,16-22H2,1-7H3. The van der Waals surface area contributed by atoms with E-state index in [-0.39, 0.29) is 10.7 Å². The molecule has 0 nitrogen and oxygen atoms in total. The first-order chi connectivity index (χ1) is 14.9. The van der Waals surface area contributed by atoms with E-state index in [4.69, 9.17) is 7.85 Å². The molecule has 1 heteroatoms. The molecule has 7 atom stereocenters. The number of rotatable bonds is 7. The molecule has 4 rings (SSSR count). The van der Waals surface area contributed by atoms with Crippen LogP contribution in [-0.4, -0.2) is 7.85 Å². The molecule has 0 aromatic rings. The zero-order valence-electron chi connectivity index (χ0n) is 22.8. The Hall–Kier alpha value is -0.195. The van der Waals surface area contributed by atoms with E-state index in [1.54, 1.807) is 5.57 Å². The van der Waals surface area contributed by atoms with Crippen molar-refractivity contribution in [2.45, 2.75) is 144 Å². The molecule has 0 amide bonds. The highest BCUT2D eigenvalue weighted by Gasteiger charge is 2.64. The van der Waals surface area contributed by atoms with Gasteiger partial charge in [0.1, 0.15) is 0 Å². The molecule has 0 aromatic heterocycles. The number of hydrogen-bond acceptors (Lipinski definition) is 0. The van der Waals surface area contributed by atoms with Crippen molar-refractivity contribution in [2.75, 3.05) is 0 Å². The van der Waals surface area contributed by atoms with Gasteiger partial charge in [-0.2, -0.15) is 0 Å². The second kappa shape index (κ2) is 8.48. The molecule has 0 bridgehead atoms. The summed E-state index contributed by atoms with van der Waals surface area (Å²) in [6.07, 6.45) is 21.9. The summed E-state index contributed by atoms with van der Waals surface area (Å²) in [5.74, 6) is 2.59. The molecule has 0 aromatic carbocycles. The largest absolute Gasteiger partial charge is 0.0837 e. The van der Waals surface area contributed by atoms with Crippen molar-refractivity contribution >= 4 is 7.85 Å². The van der Waals surface area contributed by atoms with E-state index < -0.39 is 0 Å². The molecule has 0 heterocycles. The summed E-state index contributed by atoms with van der Waals surface area (Å²) < 4.78 is 0. The Morgan fingerprint density at radius 3 is 2.44 bits per heavy atom. The lowest BCUT2D eigenvalue weighted by molar-refractivity contribution is -0.0236. The van der Waals surface area contributed by atoms with Crippen molar-refractivity contribution in [3.63, 3.8) is 0 Å². The molecule has 3 saturated carbocycles. The van der Waals surface area contributed by atoms with Gasteiger partial charge in [0, 0.05) is 0 Å². The van der Waals surface area contributed by atoms with Crippen LogP contribution in [0.15, 0.2) is 11.6 Å². The highest BCUT2D eigenvalue weighted by molar-refractivity contribution is 6.16. The number of allylic oxidation sites excluding steroid dienone is 2. The van der Waals surface area contributed by atoms with Crippen molar-refractivity contribution in [1.29, 1.82) is 0 Å². The zero-order chi connectivity index (χ0) is 23.4. The van der Waals surface area contributed by atoms with Crippen LogP contribution in [-0.2, 0) is 0 Å². The topological polar surface area (TPSA) is 0 Å². The molecule has 3 fully saturated rings. The van der Waals surface area contributed by atoms with Gasteiger partial charge >= 0.3 is 0 Å². The Morgan fingerprint density at radius 2 is 1.72 bits per heavy atom. The Balaban J connectivity index is 1.51. The van der Waals surface area contributed by atoms with E-state index in [1.165, 1.54) is 89.9 Å². The van der Waals surface area contributed by atoms with Gasteiger partial charge < -0.3 is 0 Å². The Morgan fingerprint density at radius 1 is 1.00 bits per heavy atom. The van der Waals surface area contributed by atoms with Gasteiger partial charge in [0.15, 0.2) is 0 Å². The average molecular weight is 437 g/mol. The lowest BCUT2D eigenvalue weighted by Gasteiger charge is -2.66. The van der Waals surface area contributed by atoms with E-state index in [1.807, 2.05) is 0 Å². The molecule has 0 aliphatic heterocycles. The Kier molecular flexibility index (Phi) is 6.60. The quantitative estimate of drug-likeness (QED) is 0.275. The lowest BCUT2D eigenvalue weighted by Crippen LogP contribution is -2.55. The van der Waals surface area contributed by atoms with Crippen LogP contribution in [0.4, 0.5) is 0 Å². The molecule has 4 aliphatic rings. The predicted octanol–water partition coefficient (Wildman–Crippen LogP) is 9.69. The minimum Gasteiger partial charge on any atom is -0.0837 e. The smallest absolute Gasteiger partial charge is 0.0758 e. The van der Waals surface area contributed by atoms with Gasteiger partial charge in [0.25, 0.3) is 0 Å². The number of hydrogen-bond donors (Lipinski definition) is 0. The maximum absolute atomic E-state index is 7.25. The summed E-state index contributed by atoms with van der Waals surface area (Å²) in [6.45, 7) is 17.7. The normalized spacial score (nSPS) is 46.2. The molecule has 0 saturated heterocycles. The van der Waals surface area contributed by atoms with Gasteiger partial charge in [-0.15, -0.1) is 0 Å². The molecular formula is C31H53B. The third kappa shape index (κ3) is 3.88. The maximum atomic E-state index is 7.25. The summed E-state index contributed by atoms with van der Waals surface area (Å²) >= 11 is 0. The second-order valence-electron chi connectivity index (χ2n) is 14.6. The van der Waals surface area contributed by atoms with Gasteiger partial charge in [-0.1, -0.05) is 97.5 Å². The van der Waals surface area contributed by atoms with Crippen molar-refractivity contribution in [3.8, 4) is 0 Å². The van der Waals surface area contributed by atoms with Crippen LogP contribution in [0.1, 0.15) is 138 Å². The van der Waals surface area contributed by atoms with Crippen molar-refractivity contribution in [1.82, 2.24) is 0 Å². The third-order valence-corrected chi connectivity index (χ3v) is 11.9. The van der Waals surface area contributed by atoms with E-state index in [2.05, 4.69) is 54.5 Å². The Labute approximate surface area is 202 Å². The summed E-state index contributed by atoms with van der Waals surface area (Å²) in [7, 11) is 7.25. The van der Waals surface area contributed by atoms with Crippen molar-refractivity contribution in [3.05, 3.63) is 11.6 Å². The van der Waals surface area contributed by atoms with Crippen molar-refractivity contribution in [2.24, 2.45) is 39.4 Å². The number of fused-ring (bicyclic) bond motifs is 5. The first kappa shape index (κ1) is 24.9. The van der Waals surface area contributed by atoms with Gasteiger partial charge in [0.2, 0.25) is 0 Å². The molecule has 0 spiro atoms. The third-order valence-electron chi connectivity index (χ3n) is 11.9. The van der Waals surface area contributed by atoms with Crippen LogP contribution in [0, 0.1) is 39.4 Å². The number of unbranched alkanes of at least 4 members (excludes halogenated alkanes) is 1. The summed E-state index contributed by atoms with van der Waals surface area (Å²) in [5, 5.41) is 0.0336. The van der Waals surface area contributed by atoms with E-state index in [0.29, 0.717) is 16.2 Å². The molecule has 180 valence electrons. The van der Waals surface area contributed by atoms with Crippen LogP contribution in [0.3, 0.4) is 0 Å². The van der Waals surface area contributed by atoms with Crippen molar-refractivity contribution < 1.29 is 0 Å². The zero-order valence-corrected chi connectivity index (χ0v) is 22.8. The Bertz CT molecular complexity index is 720. The van der Waals surface area contributed by atoms with Crippen LogP contribution in [0.5, 0.6) is 0 Å². The van der Waals surface area contributed by atoms with E-state index in [0.717, 1.165) is 17.8 Å².